The van der Waals surface area contributed by atoms with Crippen LogP contribution in [0.1, 0.15) is 41.4 Å². The van der Waals surface area contributed by atoms with Crippen LogP contribution in [0.4, 0.5) is 0 Å². The number of carbonyl (C=O) groups excluding carboxylic acids is 1. The lowest BCUT2D eigenvalue weighted by Crippen LogP contribution is -2.41. The maximum atomic E-state index is 12.8. The monoisotopic (exact) mass is 351 g/mol. The van der Waals surface area contributed by atoms with Crippen molar-refractivity contribution in [1.82, 2.24) is 24.6 Å². The highest BCUT2D eigenvalue weighted by Gasteiger charge is 2.26. The minimum atomic E-state index is 0.148. The van der Waals surface area contributed by atoms with Crippen molar-refractivity contribution in [2.24, 2.45) is 0 Å². The molecule has 136 valence electrons. The Labute approximate surface area is 153 Å². The number of aromatic nitrogens is 4. The Balaban J connectivity index is 1.49. The lowest BCUT2D eigenvalue weighted by molar-refractivity contribution is -0.133. The summed E-state index contributed by atoms with van der Waals surface area (Å²) in [5.74, 6) is 0.485. The largest absolute Gasteiger partial charge is 0.357 e. The van der Waals surface area contributed by atoms with Crippen LogP contribution in [-0.2, 0) is 11.3 Å². The molecule has 6 nitrogen and oxygen atoms in total. The Morgan fingerprint density at radius 2 is 2.19 bits per heavy atom. The highest BCUT2D eigenvalue weighted by atomic mass is 16.2. The third-order valence-corrected chi connectivity index (χ3v) is 5.65. The van der Waals surface area contributed by atoms with Crippen LogP contribution in [0.3, 0.4) is 0 Å². The second-order valence-electron chi connectivity index (χ2n) is 7.29. The van der Waals surface area contributed by atoms with E-state index in [-0.39, 0.29) is 5.91 Å². The minimum absolute atomic E-state index is 0.148. The predicted molar refractivity (Wildman–Crippen MR) is 101 cm³/mol. The zero-order chi connectivity index (χ0) is 18.3. The van der Waals surface area contributed by atoms with Gasteiger partial charge in [0.2, 0.25) is 5.91 Å². The summed E-state index contributed by atoms with van der Waals surface area (Å²) in [6.07, 6.45) is 3.93. The molecule has 3 aromatic rings. The molecule has 0 aliphatic carbocycles. The third-order valence-electron chi connectivity index (χ3n) is 5.65. The molecule has 0 unspecified atom stereocenters. The molecule has 4 rings (SSSR count). The Kier molecular flexibility index (Phi) is 4.26. The number of rotatable bonds is 3. The number of nitrogens with one attached hydrogen (secondary N) is 1. The molecule has 0 saturated carbocycles. The average molecular weight is 351 g/mol. The van der Waals surface area contributed by atoms with Crippen molar-refractivity contribution < 1.29 is 4.79 Å². The van der Waals surface area contributed by atoms with Crippen LogP contribution in [0.5, 0.6) is 0 Å². The lowest BCUT2D eigenvalue weighted by Gasteiger charge is -2.32. The minimum Gasteiger partial charge on any atom is -0.357 e. The van der Waals surface area contributed by atoms with Gasteiger partial charge in [-0.15, -0.1) is 0 Å². The van der Waals surface area contributed by atoms with E-state index in [1.54, 1.807) is 0 Å². The van der Waals surface area contributed by atoms with Gasteiger partial charge in [-0.25, -0.2) is 0 Å². The maximum Gasteiger partial charge on any atom is 0.244 e. The normalized spacial score (nSPS) is 17.8. The molecule has 1 N–H and O–H groups in total. The maximum absolute atomic E-state index is 12.8. The summed E-state index contributed by atoms with van der Waals surface area (Å²) in [7, 11) is 0. The summed E-state index contributed by atoms with van der Waals surface area (Å²) in [6.45, 7) is 7.97. The van der Waals surface area contributed by atoms with Crippen LogP contribution in [0.15, 0.2) is 24.4 Å². The highest BCUT2D eigenvalue weighted by molar-refractivity contribution is 5.77. The van der Waals surface area contributed by atoms with Gasteiger partial charge in [0, 0.05) is 36.6 Å². The number of pyridine rings is 1. The van der Waals surface area contributed by atoms with Crippen molar-refractivity contribution in [2.45, 2.75) is 46.1 Å². The van der Waals surface area contributed by atoms with Gasteiger partial charge in [-0.3, -0.25) is 14.5 Å². The zero-order valence-corrected chi connectivity index (χ0v) is 15.6. The van der Waals surface area contributed by atoms with Gasteiger partial charge >= 0.3 is 0 Å². The molecule has 0 radical (unpaired) electrons. The Morgan fingerprint density at radius 1 is 1.35 bits per heavy atom. The Hall–Kier alpha value is -2.63. The molecule has 1 amide bonds. The molecule has 1 aliphatic rings. The first-order valence-electron chi connectivity index (χ1n) is 9.25. The van der Waals surface area contributed by atoms with Crippen molar-refractivity contribution in [3.8, 4) is 0 Å². The van der Waals surface area contributed by atoms with Gasteiger partial charge in [0.25, 0.3) is 0 Å². The Bertz CT molecular complexity index is 921. The second-order valence-corrected chi connectivity index (χ2v) is 7.29. The number of carbonyl (C=O) groups is 1. The van der Waals surface area contributed by atoms with E-state index in [0.717, 1.165) is 48.4 Å². The molecule has 1 atom stereocenters. The summed E-state index contributed by atoms with van der Waals surface area (Å²) >= 11 is 0. The van der Waals surface area contributed by atoms with Crippen LogP contribution in [-0.4, -0.2) is 43.6 Å². The number of aryl methyl sites for hydroxylation is 1. The molecule has 0 spiro atoms. The summed E-state index contributed by atoms with van der Waals surface area (Å²) in [6, 6.07) is 6.11. The molecule has 0 aromatic carbocycles. The van der Waals surface area contributed by atoms with Gasteiger partial charge in [-0.1, -0.05) is 0 Å². The van der Waals surface area contributed by atoms with Gasteiger partial charge in [0.15, 0.2) is 0 Å². The number of hydrogen-bond donors (Lipinski definition) is 1. The van der Waals surface area contributed by atoms with Crippen LogP contribution >= 0.6 is 0 Å². The molecule has 6 heteroatoms. The number of fused-ring (bicyclic) bond motifs is 1. The molecule has 0 bridgehead atoms. The molecule has 1 saturated heterocycles. The van der Waals surface area contributed by atoms with E-state index in [1.165, 1.54) is 11.3 Å². The van der Waals surface area contributed by atoms with Gasteiger partial charge in [-0.05, 0) is 57.4 Å². The van der Waals surface area contributed by atoms with Crippen LogP contribution < -0.4 is 0 Å². The molecular formula is C20H25N5O. The Morgan fingerprint density at radius 3 is 2.92 bits per heavy atom. The van der Waals surface area contributed by atoms with Crippen molar-refractivity contribution in [3.63, 3.8) is 0 Å². The van der Waals surface area contributed by atoms with E-state index < -0.39 is 0 Å². The molecule has 3 aromatic heterocycles. The predicted octanol–water partition coefficient (Wildman–Crippen LogP) is 3.09. The SMILES string of the molecule is Cc1nn(CC(=O)N2CCC[C@H](c3cc4ncccc4[nH]3)C2)c(C)c1C. The van der Waals surface area contributed by atoms with E-state index in [9.17, 15) is 4.79 Å². The first kappa shape index (κ1) is 16.8. The summed E-state index contributed by atoms with van der Waals surface area (Å²) in [4.78, 5) is 22.7. The second kappa shape index (κ2) is 6.59. The summed E-state index contributed by atoms with van der Waals surface area (Å²) < 4.78 is 1.84. The topological polar surface area (TPSA) is 66.8 Å². The molecule has 4 heterocycles. The van der Waals surface area contributed by atoms with Crippen molar-refractivity contribution >= 4 is 16.9 Å². The standard InChI is InChI=1S/C20H25N5O/c1-13-14(2)23-25(15(13)3)12-20(26)24-9-5-6-16(11-24)18-10-19-17(22-18)7-4-8-21-19/h4,7-8,10,16,22H,5-6,9,11-12H2,1-3H3/t16-/m0/s1. The highest BCUT2D eigenvalue weighted by Crippen LogP contribution is 2.28. The number of likely N-dealkylation sites (tertiary alicyclic amines) is 1. The summed E-state index contributed by atoms with van der Waals surface area (Å²) in [5.41, 5.74) is 6.47. The average Bonchev–Trinajstić information content (AvgIpc) is 3.19. The quantitative estimate of drug-likeness (QED) is 0.788. The first-order valence-corrected chi connectivity index (χ1v) is 9.25. The molecule has 1 aliphatic heterocycles. The number of aromatic amines is 1. The van der Waals surface area contributed by atoms with Crippen LogP contribution in [0.25, 0.3) is 11.0 Å². The molecule has 26 heavy (non-hydrogen) atoms. The van der Waals surface area contributed by atoms with Crippen molar-refractivity contribution in [3.05, 3.63) is 47.0 Å². The van der Waals surface area contributed by atoms with E-state index in [2.05, 4.69) is 28.1 Å². The number of hydrogen-bond acceptors (Lipinski definition) is 3. The fraction of sp³-hybridized carbons (Fsp3) is 0.450. The first-order chi connectivity index (χ1) is 12.5. The molecular weight excluding hydrogens is 326 g/mol. The van der Waals surface area contributed by atoms with E-state index in [0.29, 0.717) is 12.5 Å². The van der Waals surface area contributed by atoms with E-state index >= 15 is 0 Å². The smallest absolute Gasteiger partial charge is 0.244 e. The van der Waals surface area contributed by atoms with Crippen molar-refractivity contribution in [2.75, 3.05) is 13.1 Å². The number of piperidine rings is 1. The van der Waals surface area contributed by atoms with E-state index in [4.69, 9.17) is 0 Å². The summed E-state index contributed by atoms with van der Waals surface area (Å²) in [5, 5.41) is 4.51. The molecule has 1 fully saturated rings. The zero-order valence-electron chi connectivity index (χ0n) is 15.6. The third kappa shape index (κ3) is 3.00. The van der Waals surface area contributed by atoms with Gasteiger partial charge in [0.1, 0.15) is 6.54 Å². The van der Waals surface area contributed by atoms with Gasteiger partial charge < -0.3 is 9.88 Å². The number of nitrogens with zero attached hydrogens (tertiary/aromatic N) is 4. The van der Waals surface area contributed by atoms with Crippen molar-refractivity contribution in [1.29, 1.82) is 0 Å². The fourth-order valence-corrected chi connectivity index (χ4v) is 3.82. The fourth-order valence-electron chi connectivity index (χ4n) is 3.82. The van der Waals surface area contributed by atoms with Crippen LogP contribution in [0.2, 0.25) is 0 Å². The van der Waals surface area contributed by atoms with Gasteiger partial charge in [0.05, 0.1) is 16.7 Å². The van der Waals surface area contributed by atoms with Crippen LogP contribution in [0, 0.1) is 20.8 Å². The van der Waals surface area contributed by atoms with Gasteiger partial charge in [-0.2, -0.15) is 5.10 Å². The number of amides is 1. The number of H-pyrrole nitrogens is 1. The lowest BCUT2D eigenvalue weighted by atomic mass is 9.95. The van der Waals surface area contributed by atoms with E-state index in [1.807, 2.05) is 41.8 Å².